The zero-order valence-electron chi connectivity index (χ0n) is 26.6. The summed E-state index contributed by atoms with van der Waals surface area (Å²) < 4.78 is 0. The van der Waals surface area contributed by atoms with E-state index in [-0.39, 0.29) is 12.8 Å². The summed E-state index contributed by atoms with van der Waals surface area (Å²) in [4.78, 5) is 95.0. The highest BCUT2D eigenvalue weighted by molar-refractivity contribution is 5.97. The number of carboxylic acid groups (broad SMARTS) is 1. The summed E-state index contributed by atoms with van der Waals surface area (Å²) in [5.74, 6) is -6.53. The van der Waals surface area contributed by atoms with Gasteiger partial charge in [0.1, 0.15) is 30.2 Å². The standard InChI is InChI=1S/C30H43N9O8/c1-15(2)24(29(45)38-22(30(46)47)11-19-13-33-14-34-19)39-26(42)17(4)35-27(43)20(10-18-8-6-5-7-9-18)37-28(44)21(12-23(32)40)36-25(41)16(3)31/h5-9,13-17,20-22,24H,10-12,31H2,1-4H3,(H2,32,40)(H,33,34)(H,35,43)(H,36,41)(H,37,44)(H,38,45)(H,39,42)(H,46,47)/t16-,17-,20-,21-,22-,24-/m0/s1. The van der Waals surface area contributed by atoms with Crippen LogP contribution in [0.15, 0.2) is 42.9 Å². The number of aromatic nitrogens is 2. The Morgan fingerprint density at radius 1 is 0.766 bits per heavy atom. The molecule has 6 amide bonds. The highest BCUT2D eigenvalue weighted by atomic mass is 16.4. The molecule has 0 saturated carbocycles. The fourth-order valence-corrected chi connectivity index (χ4v) is 4.32. The van der Waals surface area contributed by atoms with Gasteiger partial charge < -0.3 is 48.1 Å². The quantitative estimate of drug-likeness (QED) is 0.0819. The molecule has 1 heterocycles. The second-order valence-corrected chi connectivity index (χ2v) is 11.4. The number of carboxylic acids is 1. The number of hydrogen-bond acceptors (Lipinski definition) is 9. The summed E-state index contributed by atoms with van der Waals surface area (Å²) in [5, 5.41) is 22.0. The topological polar surface area (TPSA) is 281 Å². The number of benzene rings is 1. The maximum absolute atomic E-state index is 13.4. The van der Waals surface area contributed by atoms with Gasteiger partial charge in [0.25, 0.3) is 0 Å². The minimum absolute atomic E-state index is 0.0266. The van der Waals surface area contributed by atoms with Crippen LogP contribution in [-0.2, 0) is 46.4 Å². The minimum Gasteiger partial charge on any atom is -0.480 e. The Kier molecular flexibility index (Phi) is 14.5. The highest BCUT2D eigenvalue weighted by Crippen LogP contribution is 2.08. The molecule has 256 valence electrons. The summed E-state index contributed by atoms with van der Waals surface area (Å²) in [6.45, 7) is 6.04. The predicted octanol–water partition coefficient (Wildman–Crippen LogP) is -2.40. The fraction of sp³-hybridized carbons (Fsp3) is 0.467. The number of carbonyl (C=O) groups is 7. The van der Waals surface area contributed by atoms with Crippen LogP contribution >= 0.6 is 0 Å². The number of imidazole rings is 1. The average molecular weight is 658 g/mol. The number of H-pyrrole nitrogens is 1. The Bertz CT molecular complexity index is 1400. The van der Waals surface area contributed by atoms with Crippen molar-refractivity contribution in [2.45, 2.75) is 83.2 Å². The Morgan fingerprint density at radius 2 is 1.36 bits per heavy atom. The SMILES string of the molecule is CC(C)[C@H](NC(=O)[C@H](C)NC(=O)[C@H](Cc1ccccc1)NC(=O)[C@H](CC(N)=O)NC(=O)[C@H](C)N)C(=O)N[C@@H](Cc1cnc[nH]1)C(=O)O. The van der Waals surface area contributed by atoms with Gasteiger partial charge in [-0.15, -0.1) is 0 Å². The van der Waals surface area contributed by atoms with Gasteiger partial charge in [-0.3, -0.25) is 28.8 Å². The molecule has 0 unspecified atom stereocenters. The van der Waals surface area contributed by atoms with Crippen molar-refractivity contribution in [3.8, 4) is 0 Å². The Labute approximate surface area is 271 Å². The van der Waals surface area contributed by atoms with Crippen LogP contribution in [0.5, 0.6) is 0 Å². The molecule has 1 aromatic heterocycles. The van der Waals surface area contributed by atoms with Crippen LogP contribution in [0.1, 0.15) is 45.4 Å². The molecular formula is C30H43N9O8. The second kappa shape index (κ2) is 18.0. The van der Waals surface area contributed by atoms with Gasteiger partial charge in [-0.05, 0) is 25.3 Å². The van der Waals surface area contributed by atoms with E-state index >= 15 is 0 Å². The van der Waals surface area contributed by atoms with Crippen molar-refractivity contribution in [2.24, 2.45) is 17.4 Å². The summed E-state index contributed by atoms with van der Waals surface area (Å²) >= 11 is 0. The van der Waals surface area contributed by atoms with Crippen LogP contribution in [0.2, 0.25) is 0 Å². The molecule has 0 aliphatic rings. The fourth-order valence-electron chi connectivity index (χ4n) is 4.32. The molecule has 11 N–H and O–H groups in total. The zero-order valence-corrected chi connectivity index (χ0v) is 26.6. The average Bonchev–Trinajstić information content (AvgIpc) is 3.51. The molecular weight excluding hydrogens is 614 g/mol. The molecule has 1 aromatic carbocycles. The largest absolute Gasteiger partial charge is 0.480 e. The van der Waals surface area contributed by atoms with Crippen molar-refractivity contribution < 1.29 is 38.7 Å². The molecule has 2 rings (SSSR count). The first-order valence-electron chi connectivity index (χ1n) is 14.9. The van der Waals surface area contributed by atoms with E-state index in [0.717, 1.165) is 0 Å². The van der Waals surface area contributed by atoms with Gasteiger partial charge in [-0.25, -0.2) is 9.78 Å². The molecule has 0 aliphatic carbocycles. The van der Waals surface area contributed by atoms with E-state index in [1.54, 1.807) is 44.2 Å². The van der Waals surface area contributed by atoms with Crippen LogP contribution < -0.4 is 38.1 Å². The monoisotopic (exact) mass is 657 g/mol. The maximum atomic E-state index is 13.4. The number of primary amides is 1. The molecule has 0 spiro atoms. The number of aromatic amines is 1. The van der Waals surface area contributed by atoms with E-state index in [1.165, 1.54) is 26.4 Å². The van der Waals surface area contributed by atoms with E-state index in [4.69, 9.17) is 11.5 Å². The third-order valence-electron chi connectivity index (χ3n) is 6.96. The van der Waals surface area contributed by atoms with Crippen LogP contribution in [0.25, 0.3) is 0 Å². The predicted molar refractivity (Wildman–Crippen MR) is 168 cm³/mol. The van der Waals surface area contributed by atoms with Gasteiger partial charge in [-0.2, -0.15) is 0 Å². The Balaban J connectivity index is 2.17. The lowest BCUT2D eigenvalue weighted by molar-refractivity contribution is -0.142. The number of carbonyl (C=O) groups excluding carboxylic acids is 6. The van der Waals surface area contributed by atoms with E-state index in [2.05, 4.69) is 36.6 Å². The zero-order chi connectivity index (χ0) is 35.3. The van der Waals surface area contributed by atoms with Gasteiger partial charge in [0.15, 0.2) is 0 Å². The third kappa shape index (κ3) is 12.5. The maximum Gasteiger partial charge on any atom is 0.326 e. The molecule has 0 bridgehead atoms. The van der Waals surface area contributed by atoms with Gasteiger partial charge in [0.05, 0.1) is 18.8 Å². The number of amides is 6. The summed E-state index contributed by atoms with van der Waals surface area (Å²) in [7, 11) is 0. The molecule has 0 aliphatic heterocycles. The number of nitrogens with zero attached hydrogens (tertiary/aromatic N) is 1. The first kappa shape index (κ1) is 37.9. The molecule has 17 heteroatoms. The first-order valence-corrected chi connectivity index (χ1v) is 14.9. The van der Waals surface area contributed by atoms with E-state index < -0.39 is 90.0 Å². The third-order valence-corrected chi connectivity index (χ3v) is 6.96. The van der Waals surface area contributed by atoms with Crippen molar-refractivity contribution in [1.82, 2.24) is 36.6 Å². The lowest BCUT2D eigenvalue weighted by Gasteiger charge is -2.27. The van der Waals surface area contributed by atoms with Crippen LogP contribution in [0.4, 0.5) is 0 Å². The number of nitrogens with two attached hydrogens (primary N) is 2. The molecule has 6 atom stereocenters. The Hall–Kier alpha value is -5.32. The number of nitrogens with one attached hydrogen (secondary N) is 6. The van der Waals surface area contributed by atoms with Crippen LogP contribution in [0, 0.1) is 5.92 Å². The van der Waals surface area contributed by atoms with Crippen molar-refractivity contribution in [2.75, 3.05) is 0 Å². The van der Waals surface area contributed by atoms with Crippen molar-refractivity contribution >= 4 is 41.4 Å². The van der Waals surface area contributed by atoms with Gasteiger partial charge in [0, 0.05) is 24.7 Å². The van der Waals surface area contributed by atoms with E-state index in [9.17, 15) is 38.7 Å². The van der Waals surface area contributed by atoms with Gasteiger partial charge in [-0.1, -0.05) is 44.2 Å². The molecule has 0 fully saturated rings. The van der Waals surface area contributed by atoms with Crippen LogP contribution in [0.3, 0.4) is 0 Å². The first-order chi connectivity index (χ1) is 22.1. The highest BCUT2D eigenvalue weighted by Gasteiger charge is 2.33. The second-order valence-electron chi connectivity index (χ2n) is 11.4. The normalized spacial score (nSPS) is 14.8. The number of aliphatic carboxylic acids is 1. The van der Waals surface area contributed by atoms with Crippen molar-refractivity contribution in [3.05, 3.63) is 54.1 Å². The summed E-state index contributed by atoms with van der Waals surface area (Å²) in [6.07, 6.45) is 2.14. The van der Waals surface area contributed by atoms with Gasteiger partial charge in [0.2, 0.25) is 35.4 Å². The smallest absolute Gasteiger partial charge is 0.326 e. The van der Waals surface area contributed by atoms with E-state index in [0.29, 0.717) is 11.3 Å². The lowest BCUT2D eigenvalue weighted by atomic mass is 10.0. The molecule has 2 aromatic rings. The minimum atomic E-state index is -1.42. The van der Waals surface area contributed by atoms with Crippen molar-refractivity contribution in [1.29, 1.82) is 0 Å². The lowest BCUT2D eigenvalue weighted by Crippen LogP contribution is -2.60. The van der Waals surface area contributed by atoms with Crippen LogP contribution in [-0.4, -0.2) is 92.7 Å². The van der Waals surface area contributed by atoms with Gasteiger partial charge >= 0.3 is 5.97 Å². The van der Waals surface area contributed by atoms with Crippen molar-refractivity contribution in [3.63, 3.8) is 0 Å². The Morgan fingerprint density at radius 3 is 1.89 bits per heavy atom. The molecule has 0 radical (unpaired) electrons. The number of rotatable bonds is 18. The number of hydrogen-bond donors (Lipinski definition) is 9. The summed E-state index contributed by atoms with van der Waals surface area (Å²) in [6, 6.07) is 1.25. The molecule has 0 saturated heterocycles. The molecule has 47 heavy (non-hydrogen) atoms. The molecule has 17 nitrogen and oxygen atoms in total. The summed E-state index contributed by atoms with van der Waals surface area (Å²) in [5.41, 5.74) is 12.0. The van der Waals surface area contributed by atoms with E-state index in [1.807, 2.05) is 0 Å².